The van der Waals surface area contributed by atoms with E-state index in [0.717, 1.165) is 12.8 Å². The van der Waals surface area contributed by atoms with Gasteiger partial charge in [0.05, 0.1) is 6.61 Å². The van der Waals surface area contributed by atoms with Crippen LogP contribution in [0.4, 0.5) is 0 Å². The summed E-state index contributed by atoms with van der Waals surface area (Å²) in [4.78, 5) is 24.0. The summed E-state index contributed by atoms with van der Waals surface area (Å²) in [6.07, 6.45) is 3.22. The Labute approximate surface area is 109 Å². The number of ether oxygens (including phenoxy) is 2. The first-order chi connectivity index (χ1) is 8.42. The average molecular weight is 256 g/mol. The van der Waals surface area contributed by atoms with Crippen LogP contribution in [0.15, 0.2) is 12.7 Å². The quantitative estimate of drug-likeness (QED) is 0.380. The lowest BCUT2D eigenvalue weighted by Gasteiger charge is -2.26. The molecule has 0 heterocycles. The smallest absolute Gasteiger partial charge is 0.323 e. The van der Waals surface area contributed by atoms with Gasteiger partial charge in [0, 0.05) is 0 Å². The van der Waals surface area contributed by atoms with Crippen molar-refractivity contribution in [1.82, 2.24) is 0 Å². The van der Waals surface area contributed by atoms with E-state index in [-0.39, 0.29) is 6.61 Å². The van der Waals surface area contributed by atoms with E-state index in [9.17, 15) is 9.59 Å². The van der Waals surface area contributed by atoms with E-state index >= 15 is 0 Å². The lowest BCUT2D eigenvalue weighted by Crippen LogP contribution is -2.40. The molecule has 0 radical (unpaired) electrons. The van der Waals surface area contributed by atoms with Crippen LogP contribution < -0.4 is 0 Å². The van der Waals surface area contributed by atoms with Crippen molar-refractivity contribution in [2.45, 2.75) is 53.1 Å². The van der Waals surface area contributed by atoms with Crippen LogP contribution in [0.5, 0.6) is 0 Å². The lowest BCUT2D eigenvalue weighted by atomic mass is 9.85. The minimum Gasteiger partial charge on any atom is -0.465 e. The summed E-state index contributed by atoms with van der Waals surface area (Å²) in [7, 11) is 0. The molecule has 0 rings (SSSR count). The maximum atomic E-state index is 12.1. The number of unbranched alkanes of at least 4 members (excludes halogenated alkanes) is 1. The Morgan fingerprint density at radius 2 is 1.94 bits per heavy atom. The number of esters is 2. The van der Waals surface area contributed by atoms with Gasteiger partial charge in [-0.05, 0) is 27.2 Å². The molecule has 104 valence electrons. The summed E-state index contributed by atoms with van der Waals surface area (Å²) in [5.41, 5.74) is -1.22. The Morgan fingerprint density at radius 1 is 1.33 bits per heavy atom. The van der Waals surface area contributed by atoms with E-state index in [2.05, 4.69) is 6.58 Å². The van der Waals surface area contributed by atoms with E-state index in [0.29, 0.717) is 6.42 Å². The lowest BCUT2D eigenvalue weighted by molar-refractivity contribution is -0.173. The summed E-state index contributed by atoms with van der Waals surface area (Å²) in [6, 6.07) is 0. The molecule has 18 heavy (non-hydrogen) atoms. The Kier molecular flexibility index (Phi) is 7.32. The van der Waals surface area contributed by atoms with Crippen molar-refractivity contribution >= 4 is 11.9 Å². The predicted octanol–water partition coefficient (Wildman–Crippen LogP) is 2.86. The molecule has 0 aliphatic rings. The van der Waals surface area contributed by atoms with Gasteiger partial charge >= 0.3 is 11.9 Å². The fourth-order valence-corrected chi connectivity index (χ4v) is 1.46. The molecule has 0 aliphatic carbocycles. The minimum atomic E-state index is -1.22. The van der Waals surface area contributed by atoms with E-state index in [1.54, 1.807) is 20.8 Å². The van der Waals surface area contributed by atoms with Gasteiger partial charge in [0.2, 0.25) is 0 Å². The number of hydrogen-bond donors (Lipinski definition) is 0. The van der Waals surface area contributed by atoms with Crippen molar-refractivity contribution < 1.29 is 19.1 Å². The molecular weight excluding hydrogens is 232 g/mol. The molecule has 0 aromatic rings. The SMILES string of the molecule is C=CC(C)OC(=O)C(C)(CCCC)C(=O)OCC. The van der Waals surface area contributed by atoms with Crippen LogP contribution in [0.2, 0.25) is 0 Å². The molecule has 4 nitrogen and oxygen atoms in total. The monoisotopic (exact) mass is 256 g/mol. The van der Waals surface area contributed by atoms with Gasteiger partial charge in [0.25, 0.3) is 0 Å². The van der Waals surface area contributed by atoms with Crippen molar-refractivity contribution in [1.29, 1.82) is 0 Å². The third kappa shape index (κ3) is 4.51. The van der Waals surface area contributed by atoms with Crippen molar-refractivity contribution in [3.8, 4) is 0 Å². The van der Waals surface area contributed by atoms with Gasteiger partial charge in [-0.15, -0.1) is 0 Å². The summed E-state index contributed by atoms with van der Waals surface area (Å²) in [5, 5.41) is 0. The summed E-state index contributed by atoms with van der Waals surface area (Å²) >= 11 is 0. The Balaban J connectivity index is 4.89. The van der Waals surface area contributed by atoms with Gasteiger partial charge in [0.15, 0.2) is 5.41 Å². The van der Waals surface area contributed by atoms with Crippen molar-refractivity contribution in [2.75, 3.05) is 6.61 Å². The van der Waals surface area contributed by atoms with Crippen LogP contribution in [0.3, 0.4) is 0 Å². The molecular formula is C14H24O4. The number of rotatable bonds is 8. The highest BCUT2D eigenvalue weighted by Gasteiger charge is 2.44. The van der Waals surface area contributed by atoms with E-state index < -0.39 is 23.5 Å². The number of carbonyl (C=O) groups excluding carboxylic acids is 2. The van der Waals surface area contributed by atoms with Crippen LogP contribution in [0.1, 0.15) is 47.0 Å². The summed E-state index contributed by atoms with van der Waals surface area (Å²) in [6.45, 7) is 10.8. The standard InChI is InChI=1S/C14H24O4/c1-6-9-10-14(5,12(15)17-8-3)13(16)18-11(4)7-2/h7,11H,2,6,8-10H2,1,3-5H3. The Morgan fingerprint density at radius 3 is 2.39 bits per heavy atom. The second kappa shape index (κ2) is 7.90. The Hall–Kier alpha value is -1.32. The fourth-order valence-electron chi connectivity index (χ4n) is 1.46. The van der Waals surface area contributed by atoms with Gasteiger partial charge in [-0.2, -0.15) is 0 Å². The summed E-state index contributed by atoms with van der Waals surface area (Å²) in [5.74, 6) is -1.05. The first-order valence-corrected chi connectivity index (χ1v) is 6.43. The van der Waals surface area contributed by atoms with Crippen LogP contribution in [0, 0.1) is 5.41 Å². The fraction of sp³-hybridized carbons (Fsp3) is 0.714. The molecule has 0 aromatic carbocycles. The second-order valence-electron chi connectivity index (χ2n) is 4.50. The first-order valence-electron chi connectivity index (χ1n) is 6.43. The molecule has 0 N–H and O–H groups in total. The van der Waals surface area contributed by atoms with Crippen LogP contribution in [-0.2, 0) is 19.1 Å². The highest BCUT2D eigenvalue weighted by molar-refractivity contribution is 5.99. The van der Waals surface area contributed by atoms with Gasteiger partial charge in [-0.1, -0.05) is 32.4 Å². The van der Waals surface area contributed by atoms with Crippen molar-refractivity contribution in [2.24, 2.45) is 5.41 Å². The molecule has 0 bridgehead atoms. The zero-order chi connectivity index (χ0) is 14.2. The number of hydrogen-bond acceptors (Lipinski definition) is 4. The summed E-state index contributed by atoms with van der Waals surface area (Å²) < 4.78 is 10.1. The van der Waals surface area contributed by atoms with Crippen LogP contribution in [0.25, 0.3) is 0 Å². The van der Waals surface area contributed by atoms with Crippen molar-refractivity contribution in [3.63, 3.8) is 0 Å². The van der Waals surface area contributed by atoms with E-state index in [4.69, 9.17) is 9.47 Å². The Bertz CT molecular complexity index is 298. The zero-order valence-corrected chi connectivity index (χ0v) is 11.8. The van der Waals surface area contributed by atoms with Crippen LogP contribution >= 0.6 is 0 Å². The maximum absolute atomic E-state index is 12.1. The van der Waals surface area contributed by atoms with Gasteiger partial charge < -0.3 is 9.47 Å². The third-order valence-electron chi connectivity index (χ3n) is 2.83. The molecule has 4 heteroatoms. The van der Waals surface area contributed by atoms with Gasteiger partial charge in [-0.3, -0.25) is 9.59 Å². The molecule has 0 amide bonds. The van der Waals surface area contributed by atoms with Crippen LogP contribution in [-0.4, -0.2) is 24.6 Å². The predicted molar refractivity (Wildman–Crippen MR) is 70.0 cm³/mol. The highest BCUT2D eigenvalue weighted by Crippen LogP contribution is 2.28. The first kappa shape index (κ1) is 16.7. The average Bonchev–Trinajstić information content (AvgIpc) is 2.35. The minimum absolute atomic E-state index is 0.255. The second-order valence-corrected chi connectivity index (χ2v) is 4.50. The highest BCUT2D eigenvalue weighted by atomic mass is 16.6. The normalized spacial score (nSPS) is 15.3. The van der Waals surface area contributed by atoms with E-state index in [1.165, 1.54) is 6.08 Å². The molecule has 0 aromatic heterocycles. The molecule has 0 aliphatic heterocycles. The topological polar surface area (TPSA) is 52.6 Å². The van der Waals surface area contributed by atoms with Gasteiger partial charge in [0.1, 0.15) is 6.10 Å². The third-order valence-corrected chi connectivity index (χ3v) is 2.83. The van der Waals surface area contributed by atoms with Crippen molar-refractivity contribution in [3.05, 3.63) is 12.7 Å². The molecule has 0 saturated carbocycles. The molecule has 0 fully saturated rings. The number of carbonyl (C=O) groups is 2. The van der Waals surface area contributed by atoms with E-state index in [1.807, 2.05) is 6.92 Å². The molecule has 0 saturated heterocycles. The maximum Gasteiger partial charge on any atom is 0.323 e. The largest absolute Gasteiger partial charge is 0.465 e. The molecule has 2 unspecified atom stereocenters. The molecule has 2 atom stereocenters. The zero-order valence-electron chi connectivity index (χ0n) is 11.8. The van der Waals surface area contributed by atoms with Gasteiger partial charge in [-0.25, -0.2) is 0 Å². The molecule has 0 spiro atoms.